The van der Waals surface area contributed by atoms with Crippen molar-refractivity contribution >= 4 is 17.7 Å². The van der Waals surface area contributed by atoms with E-state index in [1.165, 1.54) is 6.08 Å². The van der Waals surface area contributed by atoms with E-state index < -0.39 is 0 Å². The minimum Gasteiger partial charge on any atom is -0.364 e. The largest absolute Gasteiger partial charge is 0.364 e. The Morgan fingerprint density at radius 3 is 2.73 bits per heavy atom. The lowest BCUT2D eigenvalue weighted by molar-refractivity contribution is -0.182. The standard InChI is InChI=1S/C7H11NO2S/c1-2-7(9)10-8-3-5-11-6-4-8/h2H,1,3-6H2. The molecule has 1 aliphatic heterocycles. The quantitative estimate of drug-likeness (QED) is 0.574. The Kier molecular flexibility index (Phi) is 3.45. The van der Waals surface area contributed by atoms with Gasteiger partial charge in [-0.2, -0.15) is 11.8 Å². The van der Waals surface area contributed by atoms with Gasteiger partial charge in [-0.25, -0.2) is 4.79 Å². The lowest BCUT2D eigenvalue weighted by Crippen LogP contribution is -2.34. The van der Waals surface area contributed by atoms with Crippen LogP contribution in [0.25, 0.3) is 0 Å². The van der Waals surface area contributed by atoms with Crippen LogP contribution in [0.1, 0.15) is 0 Å². The molecule has 11 heavy (non-hydrogen) atoms. The van der Waals surface area contributed by atoms with Crippen molar-refractivity contribution in [2.45, 2.75) is 0 Å². The van der Waals surface area contributed by atoms with Crippen LogP contribution in [0.5, 0.6) is 0 Å². The zero-order chi connectivity index (χ0) is 8.10. The van der Waals surface area contributed by atoms with Gasteiger partial charge in [0, 0.05) is 30.7 Å². The van der Waals surface area contributed by atoms with Crippen LogP contribution < -0.4 is 0 Å². The number of thioether (sulfide) groups is 1. The van der Waals surface area contributed by atoms with Crippen molar-refractivity contribution in [3.8, 4) is 0 Å². The first-order chi connectivity index (χ1) is 5.33. The molecule has 0 atom stereocenters. The first kappa shape index (κ1) is 8.62. The Labute approximate surface area is 70.3 Å². The van der Waals surface area contributed by atoms with Crippen LogP contribution >= 0.6 is 11.8 Å². The van der Waals surface area contributed by atoms with E-state index in [0.717, 1.165) is 24.6 Å². The molecule has 0 aliphatic carbocycles. The molecule has 1 saturated heterocycles. The SMILES string of the molecule is C=CC(=O)ON1CCSCC1. The van der Waals surface area contributed by atoms with Crippen molar-refractivity contribution in [2.75, 3.05) is 24.6 Å². The molecule has 0 aromatic carbocycles. The van der Waals surface area contributed by atoms with Crippen LogP contribution in [0.2, 0.25) is 0 Å². The smallest absolute Gasteiger partial charge is 0.349 e. The number of nitrogens with zero attached hydrogens (tertiary/aromatic N) is 1. The molecule has 0 N–H and O–H groups in total. The Bertz CT molecular complexity index is 155. The molecule has 0 spiro atoms. The third kappa shape index (κ3) is 2.95. The Morgan fingerprint density at radius 1 is 1.55 bits per heavy atom. The van der Waals surface area contributed by atoms with Crippen molar-refractivity contribution in [3.63, 3.8) is 0 Å². The molecule has 0 saturated carbocycles. The topological polar surface area (TPSA) is 29.5 Å². The van der Waals surface area contributed by atoms with Crippen molar-refractivity contribution in [1.82, 2.24) is 5.06 Å². The summed E-state index contributed by atoms with van der Waals surface area (Å²) in [4.78, 5) is 15.6. The van der Waals surface area contributed by atoms with Crippen molar-refractivity contribution in [2.24, 2.45) is 0 Å². The summed E-state index contributed by atoms with van der Waals surface area (Å²) in [5.74, 6) is 1.70. The van der Waals surface area contributed by atoms with E-state index in [4.69, 9.17) is 4.84 Å². The van der Waals surface area contributed by atoms with Gasteiger partial charge < -0.3 is 4.84 Å². The highest BCUT2D eigenvalue weighted by molar-refractivity contribution is 7.99. The number of carbonyl (C=O) groups is 1. The van der Waals surface area contributed by atoms with E-state index in [-0.39, 0.29) is 5.97 Å². The van der Waals surface area contributed by atoms with Gasteiger partial charge in [0.05, 0.1) is 0 Å². The Hall–Kier alpha value is -0.480. The molecule has 0 aromatic heterocycles. The molecule has 0 bridgehead atoms. The number of hydroxylamine groups is 2. The van der Waals surface area contributed by atoms with E-state index in [9.17, 15) is 4.79 Å². The molecule has 3 nitrogen and oxygen atoms in total. The van der Waals surface area contributed by atoms with E-state index in [0.29, 0.717) is 0 Å². The van der Waals surface area contributed by atoms with E-state index in [2.05, 4.69) is 6.58 Å². The molecule has 0 unspecified atom stereocenters. The number of hydrogen-bond donors (Lipinski definition) is 0. The summed E-state index contributed by atoms with van der Waals surface area (Å²) < 4.78 is 0. The molecule has 1 heterocycles. The minimum absolute atomic E-state index is 0.364. The molecule has 1 aliphatic rings. The van der Waals surface area contributed by atoms with Gasteiger partial charge in [0.15, 0.2) is 0 Å². The highest BCUT2D eigenvalue weighted by Gasteiger charge is 2.12. The summed E-state index contributed by atoms with van der Waals surface area (Å²) in [5.41, 5.74) is 0. The summed E-state index contributed by atoms with van der Waals surface area (Å²) in [5, 5.41) is 1.68. The zero-order valence-corrected chi connectivity index (χ0v) is 7.10. The third-order valence-corrected chi connectivity index (χ3v) is 2.30. The maximum absolute atomic E-state index is 10.7. The lowest BCUT2D eigenvalue weighted by atomic mass is 10.6. The van der Waals surface area contributed by atoms with Crippen LogP contribution in [0.3, 0.4) is 0 Å². The van der Waals surface area contributed by atoms with Crippen LogP contribution in [0.4, 0.5) is 0 Å². The molecule has 0 amide bonds. The highest BCUT2D eigenvalue weighted by Crippen LogP contribution is 2.09. The van der Waals surface area contributed by atoms with Crippen LogP contribution in [0.15, 0.2) is 12.7 Å². The first-order valence-corrected chi connectivity index (χ1v) is 4.65. The van der Waals surface area contributed by atoms with Crippen molar-refractivity contribution in [1.29, 1.82) is 0 Å². The molecule has 1 fully saturated rings. The second kappa shape index (κ2) is 4.41. The van der Waals surface area contributed by atoms with Crippen LogP contribution in [-0.2, 0) is 9.63 Å². The third-order valence-electron chi connectivity index (χ3n) is 1.36. The summed E-state index contributed by atoms with van der Waals surface area (Å²) in [7, 11) is 0. The fourth-order valence-corrected chi connectivity index (χ4v) is 1.67. The first-order valence-electron chi connectivity index (χ1n) is 3.50. The molecule has 1 rings (SSSR count). The van der Waals surface area contributed by atoms with Gasteiger partial charge in [-0.3, -0.25) is 0 Å². The minimum atomic E-state index is -0.364. The van der Waals surface area contributed by atoms with Crippen LogP contribution in [-0.4, -0.2) is 35.6 Å². The maximum Gasteiger partial charge on any atom is 0.349 e. The van der Waals surface area contributed by atoms with Gasteiger partial charge in [-0.05, 0) is 0 Å². The van der Waals surface area contributed by atoms with E-state index >= 15 is 0 Å². The normalized spacial score (nSPS) is 19.3. The molecule has 4 heteroatoms. The lowest BCUT2D eigenvalue weighted by Gasteiger charge is -2.23. The summed E-state index contributed by atoms with van der Waals surface area (Å²) in [6.07, 6.45) is 1.18. The summed E-state index contributed by atoms with van der Waals surface area (Å²) in [6, 6.07) is 0. The van der Waals surface area contributed by atoms with Crippen LogP contribution in [0, 0.1) is 0 Å². The summed E-state index contributed by atoms with van der Waals surface area (Å²) in [6.45, 7) is 4.97. The molecule has 62 valence electrons. The molecule has 0 aromatic rings. The second-order valence-electron chi connectivity index (χ2n) is 2.16. The van der Waals surface area contributed by atoms with Gasteiger partial charge >= 0.3 is 5.97 Å². The molecular formula is C7H11NO2S. The Balaban J connectivity index is 2.24. The Morgan fingerprint density at radius 2 is 2.18 bits per heavy atom. The maximum atomic E-state index is 10.7. The van der Waals surface area contributed by atoms with E-state index in [1.54, 1.807) is 5.06 Å². The number of rotatable bonds is 2. The average molecular weight is 173 g/mol. The van der Waals surface area contributed by atoms with Gasteiger partial charge in [-0.1, -0.05) is 6.58 Å². The van der Waals surface area contributed by atoms with E-state index in [1.807, 2.05) is 11.8 Å². The van der Waals surface area contributed by atoms with Crippen molar-refractivity contribution < 1.29 is 9.63 Å². The van der Waals surface area contributed by atoms with Gasteiger partial charge in [-0.15, -0.1) is 5.06 Å². The van der Waals surface area contributed by atoms with Gasteiger partial charge in [0.1, 0.15) is 0 Å². The van der Waals surface area contributed by atoms with Crippen molar-refractivity contribution in [3.05, 3.63) is 12.7 Å². The fraction of sp³-hybridized carbons (Fsp3) is 0.571. The van der Waals surface area contributed by atoms with Gasteiger partial charge in [0.25, 0.3) is 0 Å². The zero-order valence-electron chi connectivity index (χ0n) is 6.28. The van der Waals surface area contributed by atoms with Gasteiger partial charge in [0.2, 0.25) is 0 Å². The average Bonchev–Trinajstić information content (AvgIpc) is 2.06. The fourth-order valence-electron chi connectivity index (χ4n) is 0.802. The number of carbonyl (C=O) groups excluding carboxylic acids is 1. The highest BCUT2D eigenvalue weighted by atomic mass is 32.2. The predicted molar refractivity (Wildman–Crippen MR) is 45.2 cm³/mol. The number of hydrogen-bond acceptors (Lipinski definition) is 4. The molecular weight excluding hydrogens is 162 g/mol. The molecule has 0 radical (unpaired) electrons. The predicted octanol–water partition coefficient (Wildman–Crippen LogP) is 0.679. The monoisotopic (exact) mass is 173 g/mol. The summed E-state index contributed by atoms with van der Waals surface area (Å²) >= 11 is 1.87. The second-order valence-corrected chi connectivity index (χ2v) is 3.38.